The molecule has 2 aromatic carbocycles. The molecule has 2 rings (SSSR count). The molecular weight excluding hydrogens is 282 g/mol. The summed E-state index contributed by atoms with van der Waals surface area (Å²) < 4.78 is 43.1. The van der Waals surface area contributed by atoms with Gasteiger partial charge in [-0.3, -0.25) is 4.79 Å². The normalized spacial score (nSPS) is 10.1. The van der Waals surface area contributed by atoms with Gasteiger partial charge in [0.1, 0.15) is 6.29 Å². The van der Waals surface area contributed by atoms with Crippen LogP contribution >= 0.6 is 0 Å². The summed E-state index contributed by atoms with van der Waals surface area (Å²) in [4.78, 5) is 10.6. The van der Waals surface area contributed by atoms with E-state index in [1.54, 1.807) is 18.2 Å². The topological polar surface area (TPSA) is 44.8 Å². The molecular formula is C15H12F2O4. The second-order valence-corrected chi connectivity index (χ2v) is 4.03. The minimum absolute atomic E-state index is 0.0409. The maximum absolute atomic E-state index is 13.8. The van der Waals surface area contributed by atoms with Crippen molar-refractivity contribution in [3.05, 3.63) is 47.5 Å². The lowest BCUT2D eigenvalue weighted by Gasteiger charge is -2.14. The van der Waals surface area contributed by atoms with Crippen molar-refractivity contribution < 1.29 is 27.8 Å². The molecule has 0 aromatic heterocycles. The molecule has 110 valence electrons. The van der Waals surface area contributed by atoms with E-state index in [2.05, 4.69) is 0 Å². The van der Waals surface area contributed by atoms with Crippen LogP contribution in [0.5, 0.6) is 23.0 Å². The summed E-state index contributed by atoms with van der Waals surface area (Å²) in [6.07, 6.45) is 0.347. The number of benzene rings is 2. The van der Waals surface area contributed by atoms with Crippen LogP contribution in [-0.4, -0.2) is 20.5 Å². The van der Waals surface area contributed by atoms with Gasteiger partial charge >= 0.3 is 0 Å². The molecule has 0 aliphatic heterocycles. The van der Waals surface area contributed by atoms with Crippen LogP contribution < -0.4 is 14.2 Å². The third-order valence-corrected chi connectivity index (χ3v) is 2.74. The molecule has 0 saturated heterocycles. The van der Waals surface area contributed by atoms with Gasteiger partial charge in [0.05, 0.1) is 14.2 Å². The zero-order valence-corrected chi connectivity index (χ0v) is 11.4. The van der Waals surface area contributed by atoms with Gasteiger partial charge in [0.25, 0.3) is 0 Å². The van der Waals surface area contributed by atoms with Crippen LogP contribution in [-0.2, 0) is 0 Å². The van der Waals surface area contributed by atoms with E-state index in [1.165, 1.54) is 14.2 Å². The van der Waals surface area contributed by atoms with Crippen LogP contribution in [0.15, 0.2) is 30.3 Å². The molecule has 0 spiro atoms. The second-order valence-electron chi connectivity index (χ2n) is 4.03. The maximum atomic E-state index is 13.8. The van der Waals surface area contributed by atoms with Crippen LogP contribution in [0.1, 0.15) is 10.4 Å². The molecule has 0 fully saturated rings. The van der Waals surface area contributed by atoms with E-state index >= 15 is 0 Å². The third-order valence-electron chi connectivity index (χ3n) is 2.74. The Morgan fingerprint density at radius 2 is 1.48 bits per heavy atom. The molecule has 0 saturated carbocycles. The van der Waals surface area contributed by atoms with Crippen molar-refractivity contribution in [2.45, 2.75) is 0 Å². The summed E-state index contributed by atoms with van der Waals surface area (Å²) in [5.41, 5.74) is -0.121. The number of hydrogen-bond acceptors (Lipinski definition) is 4. The van der Waals surface area contributed by atoms with E-state index in [4.69, 9.17) is 14.2 Å². The van der Waals surface area contributed by atoms with Crippen molar-refractivity contribution in [1.29, 1.82) is 0 Å². The van der Waals surface area contributed by atoms with E-state index < -0.39 is 17.4 Å². The number of carbonyl (C=O) groups excluding carboxylic acids is 1. The van der Waals surface area contributed by atoms with Crippen molar-refractivity contribution in [2.24, 2.45) is 0 Å². The Morgan fingerprint density at radius 3 is 1.90 bits per heavy atom. The number of carbonyl (C=O) groups is 1. The van der Waals surface area contributed by atoms with Gasteiger partial charge in [-0.2, -0.15) is 0 Å². The zero-order valence-electron chi connectivity index (χ0n) is 11.4. The number of ether oxygens (including phenoxy) is 3. The highest BCUT2D eigenvalue weighted by Crippen LogP contribution is 2.41. The molecule has 0 heterocycles. The summed E-state index contributed by atoms with van der Waals surface area (Å²) in [6, 6.07) is 6.54. The molecule has 6 heteroatoms. The minimum atomic E-state index is -0.995. The van der Waals surface area contributed by atoms with Crippen molar-refractivity contribution in [3.8, 4) is 23.0 Å². The molecule has 0 amide bonds. The van der Waals surface area contributed by atoms with Crippen LogP contribution in [0, 0.1) is 11.6 Å². The molecule has 4 nitrogen and oxygen atoms in total. The second kappa shape index (κ2) is 6.21. The highest BCUT2D eigenvalue weighted by atomic mass is 19.1. The lowest BCUT2D eigenvalue weighted by Crippen LogP contribution is -1.99. The smallest absolute Gasteiger partial charge is 0.211 e. The van der Waals surface area contributed by atoms with Crippen molar-refractivity contribution >= 4 is 6.29 Å². The molecule has 0 aliphatic carbocycles. The zero-order chi connectivity index (χ0) is 15.4. The summed E-state index contributed by atoms with van der Waals surface area (Å²) in [5, 5.41) is 0. The Kier molecular flexibility index (Phi) is 4.37. The Bertz CT molecular complexity index is 625. The Labute approximate surface area is 119 Å². The monoisotopic (exact) mass is 294 g/mol. The number of aldehydes is 1. The van der Waals surface area contributed by atoms with Gasteiger partial charge in [0, 0.05) is 5.56 Å². The van der Waals surface area contributed by atoms with E-state index in [0.717, 1.165) is 12.1 Å². The standard InChI is InChI=1S/C15H12F2O4/c1-19-12-4-3-5-13(20-2)15(12)21-14-10(16)6-9(8-18)7-11(14)17/h3-8H,1-2H3. The van der Waals surface area contributed by atoms with E-state index in [1.807, 2.05) is 0 Å². The Balaban J connectivity index is 2.50. The average molecular weight is 294 g/mol. The number of para-hydroxylation sites is 1. The van der Waals surface area contributed by atoms with Crippen LogP contribution in [0.25, 0.3) is 0 Å². The molecule has 21 heavy (non-hydrogen) atoms. The fourth-order valence-corrected chi connectivity index (χ4v) is 1.76. The first-order chi connectivity index (χ1) is 10.1. The summed E-state index contributed by atoms with van der Waals surface area (Å²) in [6.45, 7) is 0. The number of hydrogen-bond donors (Lipinski definition) is 0. The van der Waals surface area contributed by atoms with Gasteiger partial charge in [0.15, 0.2) is 28.9 Å². The summed E-state index contributed by atoms with van der Waals surface area (Å²) >= 11 is 0. The first-order valence-electron chi connectivity index (χ1n) is 5.93. The highest BCUT2D eigenvalue weighted by Gasteiger charge is 2.18. The molecule has 0 aliphatic rings. The van der Waals surface area contributed by atoms with E-state index in [-0.39, 0.29) is 22.8 Å². The fourth-order valence-electron chi connectivity index (χ4n) is 1.76. The van der Waals surface area contributed by atoms with E-state index in [0.29, 0.717) is 6.29 Å². The molecule has 2 aromatic rings. The first kappa shape index (κ1) is 14.8. The van der Waals surface area contributed by atoms with Crippen LogP contribution in [0.4, 0.5) is 8.78 Å². The lowest BCUT2D eigenvalue weighted by atomic mass is 10.2. The lowest BCUT2D eigenvalue weighted by molar-refractivity contribution is 0.112. The number of rotatable bonds is 5. The van der Waals surface area contributed by atoms with Crippen molar-refractivity contribution in [2.75, 3.05) is 14.2 Å². The van der Waals surface area contributed by atoms with E-state index in [9.17, 15) is 13.6 Å². The quantitative estimate of drug-likeness (QED) is 0.791. The fraction of sp³-hybridized carbons (Fsp3) is 0.133. The largest absolute Gasteiger partial charge is 0.493 e. The van der Waals surface area contributed by atoms with Gasteiger partial charge in [-0.1, -0.05) is 6.07 Å². The predicted octanol–water partition coefficient (Wildman–Crippen LogP) is 3.59. The Hall–Kier alpha value is -2.63. The van der Waals surface area contributed by atoms with Crippen LogP contribution in [0.2, 0.25) is 0 Å². The molecule has 0 unspecified atom stereocenters. The summed E-state index contributed by atoms with van der Waals surface area (Å²) in [7, 11) is 2.79. The predicted molar refractivity (Wildman–Crippen MR) is 71.4 cm³/mol. The number of halogens is 2. The molecule has 0 N–H and O–H groups in total. The summed E-state index contributed by atoms with van der Waals surface area (Å²) in [5.74, 6) is -2.07. The highest BCUT2D eigenvalue weighted by molar-refractivity contribution is 5.75. The van der Waals surface area contributed by atoms with Crippen molar-refractivity contribution in [3.63, 3.8) is 0 Å². The molecule has 0 bridgehead atoms. The molecule has 0 radical (unpaired) electrons. The number of methoxy groups -OCH3 is 2. The SMILES string of the molecule is COc1cccc(OC)c1Oc1c(F)cc(C=O)cc1F. The third kappa shape index (κ3) is 2.94. The first-order valence-corrected chi connectivity index (χ1v) is 5.93. The van der Waals surface area contributed by atoms with Gasteiger partial charge in [-0.05, 0) is 24.3 Å². The van der Waals surface area contributed by atoms with Crippen LogP contribution in [0.3, 0.4) is 0 Å². The maximum Gasteiger partial charge on any atom is 0.211 e. The molecule has 0 atom stereocenters. The Morgan fingerprint density at radius 1 is 0.952 bits per heavy atom. The minimum Gasteiger partial charge on any atom is -0.493 e. The van der Waals surface area contributed by atoms with Crippen molar-refractivity contribution in [1.82, 2.24) is 0 Å². The van der Waals surface area contributed by atoms with Gasteiger partial charge in [0.2, 0.25) is 5.75 Å². The van der Waals surface area contributed by atoms with Gasteiger partial charge in [-0.25, -0.2) is 8.78 Å². The van der Waals surface area contributed by atoms with Gasteiger partial charge in [-0.15, -0.1) is 0 Å². The van der Waals surface area contributed by atoms with Gasteiger partial charge < -0.3 is 14.2 Å². The average Bonchev–Trinajstić information content (AvgIpc) is 2.50.